The molecule has 0 aliphatic rings. The number of ether oxygens (including phenoxy) is 1. The summed E-state index contributed by atoms with van der Waals surface area (Å²) in [6.07, 6.45) is 0.227. The largest absolute Gasteiger partial charge is 0.380 e. The maximum Gasteiger partial charge on any atom is 0.0693 e. The predicted octanol–water partition coefficient (Wildman–Crippen LogP) is 3.04. The van der Waals surface area contributed by atoms with Gasteiger partial charge in [0.2, 0.25) is 0 Å². The van der Waals surface area contributed by atoms with E-state index in [0.717, 1.165) is 26.2 Å². The lowest BCUT2D eigenvalue weighted by Gasteiger charge is -2.23. The molecule has 0 bridgehead atoms. The number of benzene rings is 1. The van der Waals surface area contributed by atoms with Gasteiger partial charge >= 0.3 is 0 Å². The van der Waals surface area contributed by atoms with Crippen LogP contribution in [-0.2, 0) is 17.8 Å². The molecule has 1 aromatic carbocycles. The summed E-state index contributed by atoms with van der Waals surface area (Å²) in [4.78, 5) is 2.44. The Labute approximate surface area is 124 Å². The van der Waals surface area contributed by atoms with Crippen molar-refractivity contribution in [3.05, 3.63) is 35.4 Å². The summed E-state index contributed by atoms with van der Waals surface area (Å²) in [5.74, 6) is 0. The highest BCUT2D eigenvalue weighted by Gasteiger charge is 2.11. The molecule has 0 aromatic heterocycles. The predicted molar refractivity (Wildman–Crippen MR) is 85.8 cm³/mol. The highest BCUT2D eigenvalue weighted by molar-refractivity contribution is 5.27. The maximum absolute atomic E-state index is 5.36. The summed E-state index contributed by atoms with van der Waals surface area (Å²) in [6, 6.07) is 9.05. The standard InChI is InChI=1S/C17H30N2O/c1-6-19(7-2)13-17-11-9-8-10-16(17)12-18-14(3)15(4)20-5/h8-11,14-15,18H,6-7,12-13H2,1-5H3. The van der Waals surface area contributed by atoms with Crippen LogP contribution in [0.5, 0.6) is 0 Å². The smallest absolute Gasteiger partial charge is 0.0693 e. The Kier molecular flexibility index (Phi) is 7.82. The monoisotopic (exact) mass is 278 g/mol. The van der Waals surface area contributed by atoms with E-state index in [1.54, 1.807) is 7.11 Å². The molecule has 1 rings (SSSR count). The maximum atomic E-state index is 5.36. The number of nitrogens with one attached hydrogen (secondary N) is 1. The Morgan fingerprint density at radius 3 is 2.25 bits per heavy atom. The molecule has 3 heteroatoms. The van der Waals surface area contributed by atoms with Crippen molar-refractivity contribution in [1.29, 1.82) is 0 Å². The van der Waals surface area contributed by atoms with Crippen LogP contribution in [0.2, 0.25) is 0 Å². The molecule has 114 valence electrons. The third kappa shape index (κ3) is 5.23. The Morgan fingerprint density at radius 2 is 1.70 bits per heavy atom. The van der Waals surface area contributed by atoms with Gasteiger partial charge in [0, 0.05) is 26.2 Å². The van der Waals surface area contributed by atoms with Gasteiger partial charge in [-0.05, 0) is 38.1 Å². The minimum absolute atomic E-state index is 0.227. The Hall–Kier alpha value is -0.900. The van der Waals surface area contributed by atoms with Gasteiger partial charge in [0.05, 0.1) is 6.10 Å². The zero-order chi connectivity index (χ0) is 15.0. The summed E-state index contributed by atoms with van der Waals surface area (Å²) in [7, 11) is 1.76. The highest BCUT2D eigenvalue weighted by Crippen LogP contribution is 2.12. The second-order valence-corrected chi connectivity index (χ2v) is 5.34. The second kappa shape index (κ2) is 9.11. The van der Waals surface area contributed by atoms with E-state index in [1.165, 1.54) is 11.1 Å². The van der Waals surface area contributed by atoms with Crippen molar-refractivity contribution in [2.24, 2.45) is 0 Å². The molecule has 20 heavy (non-hydrogen) atoms. The van der Waals surface area contributed by atoms with Crippen molar-refractivity contribution in [3.8, 4) is 0 Å². The fourth-order valence-electron chi connectivity index (χ4n) is 2.21. The van der Waals surface area contributed by atoms with Gasteiger partial charge < -0.3 is 10.1 Å². The molecule has 1 N–H and O–H groups in total. The van der Waals surface area contributed by atoms with E-state index in [4.69, 9.17) is 4.74 Å². The average molecular weight is 278 g/mol. The van der Waals surface area contributed by atoms with E-state index in [1.807, 2.05) is 0 Å². The van der Waals surface area contributed by atoms with Gasteiger partial charge in [0.15, 0.2) is 0 Å². The number of hydrogen-bond donors (Lipinski definition) is 1. The quantitative estimate of drug-likeness (QED) is 0.751. The third-order valence-corrected chi connectivity index (χ3v) is 4.10. The first-order valence-electron chi connectivity index (χ1n) is 7.67. The summed E-state index contributed by atoms with van der Waals surface area (Å²) >= 11 is 0. The molecule has 2 atom stereocenters. The molecule has 0 spiro atoms. The van der Waals surface area contributed by atoms with Crippen LogP contribution in [0.3, 0.4) is 0 Å². The van der Waals surface area contributed by atoms with E-state index in [0.29, 0.717) is 6.04 Å². The molecule has 0 heterocycles. The van der Waals surface area contributed by atoms with Crippen LogP contribution < -0.4 is 5.32 Å². The molecular weight excluding hydrogens is 248 g/mol. The molecule has 0 aliphatic carbocycles. The summed E-state index contributed by atoms with van der Waals surface area (Å²) in [6.45, 7) is 12.8. The van der Waals surface area contributed by atoms with Crippen molar-refractivity contribution >= 4 is 0 Å². The van der Waals surface area contributed by atoms with Crippen LogP contribution >= 0.6 is 0 Å². The molecule has 2 unspecified atom stereocenters. The summed E-state index contributed by atoms with van der Waals surface area (Å²) < 4.78 is 5.36. The van der Waals surface area contributed by atoms with Crippen molar-refractivity contribution in [1.82, 2.24) is 10.2 Å². The number of rotatable bonds is 9. The zero-order valence-corrected chi connectivity index (χ0v) is 13.6. The van der Waals surface area contributed by atoms with Crippen molar-refractivity contribution in [2.75, 3.05) is 20.2 Å². The lowest BCUT2D eigenvalue weighted by atomic mass is 10.1. The first kappa shape index (κ1) is 17.2. The number of nitrogens with zero attached hydrogens (tertiary/aromatic N) is 1. The van der Waals surface area contributed by atoms with E-state index < -0.39 is 0 Å². The van der Waals surface area contributed by atoms with E-state index >= 15 is 0 Å². The highest BCUT2D eigenvalue weighted by atomic mass is 16.5. The number of methoxy groups -OCH3 is 1. The topological polar surface area (TPSA) is 24.5 Å². The fourth-order valence-corrected chi connectivity index (χ4v) is 2.21. The Balaban J connectivity index is 2.65. The Morgan fingerprint density at radius 1 is 1.10 bits per heavy atom. The van der Waals surface area contributed by atoms with Crippen molar-refractivity contribution < 1.29 is 4.74 Å². The normalized spacial score (nSPS) is 14.5. The van der Waals surface area contributed by atoms with Crippen LogP contribution in [0.4, 0.5) is 0 Å². The van der Waals surface area contributed by atoms with Crippen LogP contribution in [0.15, 0.2) is 24.3 Å². The van der Waals surface area contributed by atoms with Gasteiger partial charge in [-0.3, -0.25) is 4.90 Å². The number of hydrogen-bond acceptors (Lipinski definition) is 3. The first-order chi connectivity index (χ1) is 9.62. The third-order valence-electron chi connectivity index (χ3n) is 4.10. The molecule has 0 saturated heterocycles. The van der Waals surface area contributed by atoms with Crippen LogP contribution in [-0.4, -0.2) is 37.2 Å². The molecule has 0 amide bonds. The van der Waals surface area contributed by atoms with Crippen LogP contribution in [0.25, 0.3) is 0 Å². The van der Waals surface area contributed by atoms with E-state index in [9.17, 15) is 0 Å². The minimum atomic E-state index is 0.227. The van der Waals surface area contributed by atoms with Gasteiger partial charge in [-0.2, -0.15) is 0 Å². The second-order valence-electron chi connectivity index (χ2n) is 5.34. The van der Waals surface area contributed by atoms with E-state index in [2.05, 4.69) is 62.2 Å². The van der Waals surface area contributed by atoms with Crippen LogP contribution in [0.1, 0.15) is 38.8 Å². The van der Waals surface area contributed by atoms with Gasteiger partial charge in [-0.25, -0.2) is 0 Å². The van der Waals surface area contributed by atoms with Crippen molar-refractivity contribution in [2.45, 2.75) is 52.9 Å². The molecule has 0 aliphatic heterocycles. The SMILES string of the molecule is CCN(CC)Cc1ccccc1CNC(C)C(C)OC. The molecular formula is C17H30N2O. The lowest BCUT2D eigenvalue weighted by molar-refractivity contribution is 0.0882. The molecule has 0 radical (unpaired) electrons. The van der Waals surface area contributed by atoms with Gasteiger partial charge in [0.1, 0.15) is 0 Å². The van der Waals surface area contributed by atoms with Gasteiger partial charge in [-0.1, -0.05) is 38.1 Å². The zero-order valence-electron chi connectivity index (χ0n) is 13.6. The Bertz CT molecular complexity index is 377. The lowest BCUT2D eigenvalue weighted by Crippen LogP contribution is -2.36. The summed E-state index contributed by atoms with van der Waals surface area (Å²) in [5.41, 5.74) is 2.80. The van der Waals surface area contributed by atoms with Gasteiger partial charge in [-0.15, -0.1) is 0 Å². The minimum Gasteiger partial charge on any atom is -0.380 e. The molecule has 0 fully saturated rings. The van der Waals surface area contributed by atoms with E-state index in [-0.39, 0.29) is 6.10 Å². The van der Waals surface area contributed by atoms with Crippen molar-refractivity contribution in [3.63, 3.8) is 0 Å². The molecule has 0 saturated carbocycles. The molecule has 3 nitrogen and oxygen atoms in total. The average Bonchev–Trinajstić information content (AvgIpc) is 2.50. The van der Waals surface area contributed by atoms with Crippen LogP contribution in [0, 0.1) is 0 Å². The molecule has 1 aromatic rings. The fraction of sp³-hybridized carbons (Fsp3) is 0.647. The summed E-state index contributed by atoms with van der Waals surface area (Å²) in [5, 5.41) is 3.56. The van der Waals surface area contributed by atoms with Gasteiger partial charge in [0.25, 0.3) is 0 Å². The first-order valence-corrected chi connectivity index (χ1v) is 7.67.